The van der Waals surface area contributed by atoms with Crippen LogP contribution in [0.15, 0.2) is 0 Å². The first-order valence-electron chi connectivity index (χ1n) is 10.7. The fourth-order valence-corrected chi connectivity index (χ4v) is 2.45. The van der Waals surface area contributed by atoms with E-state index < -0.39 is 30.3 Å². The van der Waals surface area contributed by atoms with Crippen molar-refractivity contribution >= 4 is 74.6 Å². The van der Waals surface area contributed by atoms with Crippen LogP contribution in [0.4, 0.5) is 24.0 Å². The molecule has 0 aromatic carbocycles. The topological polar surface area (TPSA) is 185 Å². The number of amides is 8. The van der Waals surface area contributed by atoms with Crippen molar-refractivity contribution in [1.29, 1.82) is 0 Å². The Morgan fingerprint density at radius 3 is 1.50 bits per heavy atom. The smallest absolute Gasteiger partial charge is 0.407 e. The van der Waals surface area contributed by atoms with Gasteiger partial charge >= 0.3 is 30.3 Å². The first-order chi connectivity index (χ1) is 17.3. The standard InChI is InChI=1S/C18H32N6O9S3/c25-13-23(5-3-21-16(28)32-8-11-35)18(30)24(6-4-22-17(29)33-9-12-36)14(26)19-1-2-20-15(27)31-7-10-34/h13,34-36H,1-12H2,(H,19,26)(H,20,27)(H,21,28)(H,22,29). The molecule has 0 aliphatic heterocycles. The van der Waals surface area contributed by atoms with Gasteiger partial charge in [0.2, 0.25) is 6.41 Å². The van der Waals surface area contributed by atoms with Crippen LogP contribution >= 0.6 is 37.9 Å². The average Bonchev–Trinajstić information content (AvgIpc) is 2.87. The number of rotatable bonds is 16. The zero-order valence-electron chi connectivity index (χ0n) is 19.5. The molecular formula is C18H32N6O9S3. The minimum Gasteiger partial charge on any atom is -0.449 e. The summed E-state index contributed by atoms with van der Waals surface area (Å²) in [5.41, 5.74) is 0. The summed E-state index contributed by atoms with van der Waals surface area (Å²) in [5.74, 6) is 0.969. The Morgan fingerprint density at radius 1 is 0.639 bits per heavy atom. The Kier molecular flexibility index (Phi) is 19.9. The maximum absolute atomic E-state index is 12.8. The molecule has 0 saturated carbocycles. The molecule has 0 heterocycles. The molecule has 0 aliphatic rings. The number of carbonyl (C=O) groups excluding carboxylic acids is 6. The van der Waals surface area contributed by atoms with Crippen molar-refractivity contribution < 1.29 is 43.0 Å². The number of urea groups is 2. The average molecular weight is 573 g/mol. The lowest BCUT2D eigenvalue weighted by atomic mass is 10.4. The van der Waals surface area contributed by atoms with Gasteiger partial charge in [0.05, 0.1) is 0 Å². The number of carbonyl (C=O) groups is 6. The molecule has 0 fully saturated rings. The van der Waals surface area contributed by atoms with E-state index >= 15 is 0 Å². The van der Waals surface area contributed by atoms with Gasteiger partial charge in [-0.05, 0) is 0 Å². The van der Waals surface area contributed by atoms with Crippen LogP contribution in [0, 0.1) is 0 Å². The Bertz CT molecular complexity index is 720. The van der Waals surface area contributed by atoms with Crippen molar-refractivity contribution in [2.45, 2.75) is 0 Å². The van der Waals surface area contributed by atoms with Crippen LogP contribution in [0.5, 0.6) is 0 Å². The predicted molar refractivity (Wildman–Crippen MR) is 138 cm³/mol. The van der Waals surface area contributed by atoms with E-state index in [0.717, 1.165) is 0 Å². The number of hydrogen-bond donors (Lipinski definition) is 7. The highest BCUT2D eigenvalue weighted by atomic mass is 32.1. The second-order valence-electron chi connectivity index (χ2n) is 6.32. The molecule has 18 heteroatoms. The van der Waals surface area contributed by atoms with Crippen molar-refractivity contribution in [3.63, 3.8) is 0 Å². The Morgan fingerprint density at radius 2 is 1.06 bits per heavy atom. The largest absolute Gasteiger partial charge is 0.449 e. The zero-order valence-corrected chi connectivity index (χ0v) is 22.2. The molecule has 0 spiro atoms. The summed E-state index contributed by atoms with van der Waals surface area (Å²) in [5, 5.41) is 9.51. The second-order valence-corrected chi connectivity index (χ2v) is 7.67. The van der Waals surface area contributed by atoms with E-state index in [1.165, 1.54) is 0 Å². The van der Waals surface area contributed by atoms with E-state index in [4.69, 9.17) is 14.2 Å². The molecular weight excluding hydrogens is 540 g/mol. The number of imide groups is 2. The van der Waals surface area contributed by atoms with Gasteiger partial charge in [0.25, 0.3) is 0 Å². The molecule has 0 saturated heterocycles. The van der Waals surface area contributed by atoms with Gasteiger partial charge in [-0.15, -0.1) is 0 Å². The van der Waals surface area contributed by atoms with E-state index in [1.807, 2.05) is 0 Å². The summed E-state index contributed by atoms with van der Waals surface area (Å²) in [4.78, 5) is 72.7. The van der Waals surface area contributed by atoms with Crippen LogP contribution in [-0.2, 0) is 19.0 Å². The molecule has 0 rings (SSSR count). The summed E-state index contributed by atoms with van der Waals surface area (Å²) >= 11 is 11.7. The highest BCUT2D eigenvalue weighted by Crippen LogP contribution is 1.99. The van der Waals surface area contributed by atoms with Gasteiger partial charge in [0, 0.05) is 56.5 Å². The van der Waals surface area contributed by atoms with Gasteiger partial charge in [-0.25, -0.2) is 28.9 Å². The molecule has 15 nitrogen and oxygen atoms in total. The van der Waals surface area contributed by atoms with E-state index in [2.05, 4.69) is 59.2 Å². The lowest BCUT2D eigenvalue weighted by Gasteiger charge is -2.26. The van der Waals surface area contributed by atoms with Crippen LogP contribution in [0.1, 0.15) is 0 Å². The number of nitrogens with zero attached hydrogens (tertiary/aromatic N) is 2. The van der Waals surface area contributed by atoms with Gasteiger partial charge in [-0.2, -0.15) is 37.9 Å². The lowest BCUT2D eigenvalue weighted by molar-refractivity contribution is -0.115. The second kappa shape index (κ2) is 21.5. The molecule has 0 aromatic heterocycles. The first-order valence-corrected chi connectivity index (χ1v) is 12.6. The molecule has 4 N–H and O–H groups in total. The third-order valence-corrected chi connectivity index (χ3v) is 4.27. The van der Waals surface area contributed by atoms with Crippen LogP contribution < -0.4 is 21.3 Å². The normalized spacial score (nSPS) is 9.86. The molecule has 0 unspecified atom stereocenters. The SMILES string of the molecule is O=CN(CCNC(=O)OCCS)C(=O)N(CCNC(=O)OCCS)C(=O)NCCNC(=O)OCCS. The van der Waals surface area contributed by atoms with E-state index in [9.17, 15) is 28.8 Å². The van der Waals surface area contributed by atoms with Crippen molar-refractivity contribution in [1.82, 2.24) is 31.1 Å². The lowest BCUT2D eigenvalue weighted by Crippen LogP contribution is -2.53. The van der Waals surface area contributed by atoms with Gasteiger partial charge in [0.15, 0.2) is 0 Å². The fourth-order valence-electron chi connectivity index (χ4n) is 2.18. The van der Waals surface area contributed by atoms with Gasteiger partial charge in [0.1, 0.15) is 19.8 Å². The molecule has 0 aromatic rings. The summed E-state index contributed by atoms with van der Waals surface area (Å²) in [6, 6.07) is -1.91. The number of ether oxygens (including phenoxy) is 3. The highest BCUT2D eigenvalue weighted by Gasteiger charge is 2.26. The van der Waals surface area contributed by atoms with E-state index in [0.29, 0.717) is 27.1 Å². The van der Waals surface area contributed by atoms with Gasteiger partial charge in [-0.1, -0.05) is 0 Å². The predicted octanol–water partition coefficient (Wildman–Crippen LogP) is -0.456. The van der Waals surface area contributed by atoms with Crippen molar-refractivity contribution in [3.8, 4) is 0 Å². The first kappa shape index (κ1) is 33.3. The Labute approximate surface area is 224 Å². The monoisotopic (exact) mass is 572 g/mol. The van der Waals surface area contributed by atoms with E-state index in [-0.39, 0.29) is 65.5 Å². The maximum Gasteiger partial charge on any atom is 0.407 e. The fraction of sp³-hybridized carbons (Fsp3) is 0.667. The summed E-state index contributed by atoms with van der Waals surface area (Å²) in [6.07, 6.45) is -2.06. The molecule has 0 atom stereocenters. The van der Waals surface area contributed by atoms with Gasteiger partial charge < -0.3 is 35.5 Å². The zero-order chi connectivity index (χ0) is 27.2. The molecule has 36 heavy (non-hydrogen) atoms. The third-order valence-electron chi connectivity index (χ3n) is 3.72. The van der Waals surface area contributed by atoms with Crippen LogP contribution in [0.25, 0.3) is 0 Å². The molecule has 8 amide bonds. The van der Waals surface area contributed by atoms with E-state index in [1.54, 1.807) is 0 Å². The molecule has 206 valence electrons. The van der Waals surface area contributed by atoms with Crippen LogP contribution in [0.2, 0.25) is 0 Å². The van der Waals surface area contributed by atoms with Gasteiger partial charge in [-0.3, -0.25) is 9.69 Å². The minimum absolute atomic E-state index is 0.0107. The molecule has 0 radical (unpaired) electrons. The minimum atomic E-state index is -1.01. The quantitative estimate of drug-likeness (QED) is 0.0557. The third kappa shape index (κ3) is 16.0. The molecule has 0 bridgehead atoms. The number of hydrogen-bond acceptors (Lipinski definition) is 12. The number of nitrogens with one attached hydrogen (secondary N) is 4. The summed E-state index contributed by atoms with van der Waals surface area (Å²) < 4.78 is 14.3. The van der Waals surface area contributed by atoms with Crippen LogP contribution in [0.3, 0.4) is 0 Å². The highest BCUT2D eigenvalue weighted by molar-refractivity contribution is 7.80. The number of thiol groups is 3. The van der Waals surface area contributed by atoms with Crippen LogP contribution in [-0.4, -0.2) is 123 Å². The van der Waals surface area contributed by atoms with Crippen molar-refractivity contribution in [2.75, 3.05) is 76.3 Å². The van der Waals surface area contributed by atoms with Crippen molar-refractivity contribution in [2.24, 2.45) is 0 Å². The Balaban J connectivity index is 4.97. The maximum atomic E-state index is 12.8. The number of alkyl carbamates (subject to hydrolysis) is 3. The molecule has 0 aliphatic carbocycles. The Hall–Kier alpha value is -2.73. The summed E-state index contributed by atoms with van der Waals surface area (Å²) in [6.45, 7) is -0.751. The summed E-state index contributed by atoms with van der Waals surface area (Å²) in [7, 11) is 0. The van der Waals surface area contributed by atoms with Crippen molar-refractivity contribution in [3.05, 3.63) is 0 Å².